The van der Waals surface area contributed by atoms with Gasteiger partial charge in [-0.2, -0.15) is 5.10 Å². The van der Waals surface area contributed by atoms with Crippen molar-refractivity contribution in [1.29, 1.82) is 0 Å². The van der Waals surface area contributed by atoms with E-state index >= 15 is 0 Å². The number of carbonyl (C=O) groups is 1. The Bertz CT molecular complexity index is 447. The van der Waals surface area contributed by atoms with Crippen LogP contribution in [0.5, 0.6) is 0 Å². The molecule has 0 spiro atoms. The number of aromatic nitrogens is 3. The van der Waals surface area contributed by atoms with Crippen LogP contribution in [0.4, 0.5) is 0 Å². The molecule has 0 radical (unpaired) electrons. The number of rotatable bonds is 3. The van der Waals surface area contributed by atoms with Gasteiger partial charge in [-0.15, -0.1) is 0 Å². The van der Waals surface area contributed by atoms with Crippen molar-refractivity contribution in [2.45, 2.75) is 6.54 Å². The third-order valence-corrected chi connectivity index (χ3v) is 1.87. The predicted octanol–water partition coefficient (Wildman–Crippen LogP) is 0.706. The minimum absolute atomic E-state index is 0.161. The Hall–Kier alpha value is -2.11. The number of furan rings is 1. The maximum atomic E-state index is 11.2. The second kappa shape index (κ2) is 3.95. The Balaban J connectivity index is 2.22. The molecular formula is C9H9N3O3. The van der Waals surface area contributed by atoms with E-state index in [0.29, 0.717) is 12.3 Å². The van der Waals surface area contributed by atoms with Crippen molar-refractivity contribution in [3.05, 3.63) is 36.3 Å². The molecule has 0 saturated heterocycles. The summed E-state index contributed by atoms with van der Waals surface area (Å²) in [6, 6.07) is 3.56. The van der Waals surface area contributed by atoms with Crippen LogP contribution < -0.4 is 0 Å². The van der Waals surface area contributed by atoms with E-state index in [-0.39, 0.29) is 5.82 Å². The van der Waals surface area contributed by atoms with Crippen molar-refractivity contribution in [3.8, 4) is 0 Å². The lowest BCUT2D eigenvalue weighted by atomic mass is 10.4. The molecule has 0 amide bonds. The molecule has 0 aliphatic carbocycles. The van der Waals surface area contributed by atoms with Crippen molar-refractivity contribution in [1.82, 2.24) is 14.8 Å². The van der Waals surface area contributed by atoms with Crippen molar-refractivity contribution < 1.29 is 13.9 Å². The summed E-state index contributed by atoms with van der Waals surface area (Å²) in [5.74, 6) is 0.346. The highest BCUT2D eigenvalue weighted by atomic mass is 16.5. The Morgan fingerprint density at radius 2 is 2.53 bits per heavy atom. The zero-order valence-electron chi connectivity index (χ0n) is 8.08. The Labute approximate surface area is 85.5 Å². The van der Waals surface area contributed by atoms with Gasteiger partial charge in [0.1, 0.15) is 18.6 Å². The highest BCUT2D eigenvalue weighted by molar-refractivity contribution is 5.85. The lowest BCUT2D eigenvalue weighted by Crippen LogP contribution is -2.13. The van der Waals surface area contributed by atoms with Crippen molar-refractivity contribution in [2.75, 3.05) is 7.11 Å². The first-order valence-corrected chi connectivity index (χ1v) is 4.30. The van der Waals surface area contributed by atoms with E-state index in [2.05, 4.69) is 14.8 Å². The van der Waals surface area contributed by atoms with Gasteiger partial charge in [0.25, 0.3) is 0 Å². The minimum Gasteiger partial charge on any atom is -0.467 e. The molecule has 6 nitrogen and oxygen atoms in total. The molecule has 0 saturated carbocycles. The molecule has 15 heavy (non-hydrogen) atoms. The summed E-state index contributed by atoms with van der Waals surface area (Å²) < 4.78 is 11.1. The SMILES string of the molecule is COC(=O)c1ncnn1Cc1ccco1. The molecule has 0 fully saturated rings. The normalized spacial score (nSPS) is 10.2. The van der Waals surface area contributed by atoms with Crippen LogP contribution in [0.2, 0.25) is 0 Å². The van der Waals surface area contributed by atoms with E-state index in [1.54, 1.807) is 18.4 Å². The zero-order chi connectivity index (χ0) is 10.7. The highest BCUT2D eigenvalue weighted by Gasteiger charge is 2.14. The molecule has 2 rings (SSSR count). The number of methoxy groups -OCH3 is 1. The van der Waals surface area contributed by atoms with Crippen LogP contribution in [0.3, 0.4) is 0 Å². The number of nitrogens with zero attached hydrogens (tertiary/aromatic N) is 3. The summed E-state index contributed by atoms with van der Waals surface area (Å²) in [6.45, 7) is 0.359. The molecule has 0 unspecified atom stereocenters. The van der Waals surface area contributed by atoms with Crippen molar-refractivity contribution in [3.63, 3.8) is 0 Å². The fourth-order valence-corrected chi connectivity index (χ4v) is 1.18. The van der Waals surface area contributed by atoms with Gasteiger partial charge in [0.2, 0.25) is 5.82 Å². The van der Waals surface area contributed by atoms with Crippen LogP contribution in [0.25, 0.3) is 0 Å². The summed E-state index contributed by atoms with van der Waals surface area (Å²) in [6.07, 6.45) is 2.86. The number of esters is 1. The van der Waals surface area contributed by atoms with E-state index in [9.17, 15) is 4.79 Å². The predicted molar refractivity (Wildman–Crippen MR) is 49.2 cm³/mol. The van der Waals surface area contributed by atoms with Gasteiger partial charge in [-0.25, -0.2) is 14.5 Å². The van der Waals surface area contributed by atoms with Crippen LogP contribution in [0, 0.1) is 0 Å². The molecule has 78 valence electrons. The summed E-state index contributed by atoms with van der Waals surface area (Å²) in [4.78, 5) is 15.1. The quantitative estimate of drug-likeness (QED) is 0.693. The van der Waals surface area contributed by atoms with Crippen LogP contribution in [-0.2, 0) is 11.3 Å². The maximum Gasteiger partial charge on any atom is 0.375 e. The summed E-state index contributed by atoms with van der Waals surface area (Å²) in [7, 11) is 1.30. The third kappa shape index (κ3) is 1.88. The van der Waals surface area contributed by atoms with Crippen molar-refractivity contribution in [2.24, 2.45) is 0 Å². The molecule has 0 atom stereocenters. The van der Waals surface area contributed by atoms with Gasteiger partial charge in [-0.05, 0) is 12.1 Å². The van der Waals surface area contributed by atoms with Crippen LogP contribution in [0.1, 0.15) is 16.4 Å². The van der Waals surface area contributed by atoms with Crippen LogP contribution >= 0.6 is 0 Å². The average Bonchev–Trinajstić information content (AvgIpc) is 2.88. The first-order chi connectivity index (χ1) is 7.31. The lowest BCUT2D eigenvalue weighted by molar-refractivity contribution is 0.0580. The fraction of sp³-hybridized carbons (Fsp3) is 0.222. The van der Waals surface area contributed by atoms with Gasteiger partial charge in [-0.1, -0.05) is 0 Å². The Morgan fingerprint density at radius 3 is 3.20 bits per heavy atom. The molecule has 0 N–H and O–H groups in total. The smallest absolute Gasteiger partial charge is 0.375 e. The first kappa shape index (κ1) is 9.45. The average molecular weight is 207 g/mol. The van der Waals surface area contributed by atoms with Crippen LogP contribution in [0.15, 0.2) is 29.1 Å². The van der Waals surface area contributed by atoms with Crippen LogP contribution in [-0.4, -0.2) is 27.8 Å². The molecule has 6 heteroatoms. The van der Waals surface area contributed by atoms with Gasteiger partial charge in [-0.3, -0.25) is 0 Å². The topological polar surface area (TPSA) is 70.2 Å². The van der Waals surface area contributed by atoms with Gasteiger partial charge in [0.15, 0.2) is 0 Å². The van der Waals surface area contributed by atoms with E-state index in [0.717, 1.165) is 0 Å². The van der Waals surface area contributed by atoms with Gasteiger partial charge >= 0.3 is 5.97 Å². The number of hydrogen-bond donors (Lipinski definition) is 0. The van der Waals surface area contributed by atoms with Crippen molar-refractivity contribution >= 4 is 5.97 Å². The summed E-state index contributed by atoms with van der Waals surface area (Å²) in [5, 5.41) is 3.90. The molecule has 0 bridgehead atoms. The highest BCUT2D eigenvalue weighted by Crippen LogP contribution is 2.04. The number of carbonyl (C=O) groups excluding carboxylic acids is 1. The molecule has 0 aliphatic heterocycles. The largest absolute Gasteiger partial charge is 0.467 e. The lowest BCUT2D eigenvalue weighted by Gasteiger charge is -2.01. The first-order valence-electron chi connectivity index (χ1n) is 4.30. The zero-order valence-corrected chi connectivity index (χ0v) is 8.08. The summed E-state index contributed by atoms with van der Waals surface area (Å²) >= 11 is 0. The van der Waals surface area contributed by atoms with E-state index in [4.69, 9.17) is 4.42 Å². The second-order valence-corrected chi connectivity index (χ2v) is 2.81. The summed E-state index contributed by atoms with van der Waals surface area (Å²) in [5.41, 5.74) is 0. The molecular weight excluding hydrogens is 198 g/mol. The minimum atomic E-state index is -0.515. The molecule has 0 aliphatic rings. The molecule has 2 aromatic rings. The number of hydrogen-bond acceptors (Lipinski definition) is 5. The van der Waals surface area contributed by atoms with Gasteiger partial charge in [0.05, 0.1) is 13.4 Å². The molecule has 0 aromatic carbocycles. The fourth-order valence-electron chi connectivity index (χ4n) is 1.18. The standard InChI is InChI=1S/C9H9N3O3/c1-14-9(13)8-10-6-11-12(8)5-7-3-2-4-15-7/h2-4,6H,5H2,1H3. The van der Waals surface area contributed by atoms with E-state index in [1.165, 1.54) is 18.1 Å². The van der Waals surface area contributed by atoms with E-state index in [1.807, 2.05) is 0 Å². The number of ether oxygens (including phenoxy) is 1. The Kier molecular flexibility index (Phi) is 2.49. The van der Waals surface area contributed by atoms with Gasteiger partial charge in [0, 0.05) is 0 Å². The van der Waals surface area contributed by atoms with Gasteiger partial charge < -0.3 is 9.15 Å². The van der Waals surface area contributed by atoms with E-state index < -0.39 is 5.97 Å². The molecule has 2 aromatic heterocycles. The monoisotopic (exact) mass is 207 g/mol. The Morgan fingerprint density at radius 1 is 1.67 bits per heavy atom. The third-order valence-electron chi connectivity index (χ3n) is 1.87. The second-order valence-electron chi connectivity index (χ2n) is 2.81. The maximum absolute atomic E-state index is 11.2. The molecule has 2 heterocycles.